The minimum Gasteiger partial charge on any atom is -0.493 e. The second-order valence-corrected chi connectivity index (χ2v) is 6.68. The smallest absolute Gasteiger partial charge is 0.239 e. The molecule has 0 radical (unpaired) electrons. The number of ether oxygens (including phenoxy) is 2. The van der Waals surface area contributed by atoms with Crippen LogP contribution in [0.3, 0.4) is 0 Å². The zero-order chi connectivity index (χ0) is 18.9. The first kappa shape index (κ1) is 20.6. The van der Waals surface area contributed by atoms with Gasteiger partial charge in [-0.3, -0.25) is 9.79 Å². The van der Waals surface area contributed by atoms with Gasteiger partial charge in [-0.1, -0.05) is 12.1 Å². The molecular weight excluding hydrogens is 320 g/mol. The van der Waals surface area contributed by atoms with Gasteiger partial charge in [-0.15, -0.1) is 0 Å². The Morgan fingerprint density at radius 3 is 2.40 bits per heavy atom. The van der Waals surface area contributed by atoms with Crippen LogP contribution in [0.25, 0.3) is 0 Å². The molecule has 7 nitrogen and oxygen atoms in total. The predicted octanol–water partition coefficient (Wildman–Crippen LogP) is 1.54. The molecule has 25 heavy (non-hydrogen) atoms. The Labute approximate surface area is 150 Å². The summed E-state index contributed by atoms with van der Waals surface area (Å²) in [5.41, 5.74) is -0.257. The number of guanidine groups is 1. The molecule has 0 aliphatic heterocycles. The fourth-order valence-corrected chi connectivity index (χ4v) is 2.06. The summed E-state index contributed by atoms with van der Waals surface area (Å²) in [6, 6.07) is 7.50. The van der Waals surface area contributed by atoms with Gasteiger partial charge in [-0.25, -0.2) is 0 Å². The van der Waals surface area contributed by atoms with E-state index < -0.39 is 0 Å². The van der Waals surface area contributed by atoms with Crippen molar-refractivity contribution in [2.45, 2.75) is 39.3 Å². The minimum absolute atomic E-state index is 0.0891. The molecule has 1 unspecified atom stereocenters. The number of nitrogens with zero attached hydrogens (tertiary/aromatic N) is 1. The van der Waals surface area contributed by atoms with Gasteiger partial charge in [0, 0.05) is 12.6 Å². The Morgan fingerprint density at radius 1 is 1.20 bits per heavy atom. The SMILES string of the molecule is CN=C(NCC(=O)NC(C)(C)C)NCC(C)Oc1ccccc1OC. The summed E-state index contributed by atoms with van der Waals surface area (Å²) in [5.74, 6) is 1.83. The molecule has 3 N–H and O–H groups in total. The Bertz CT molecular complexity index is 582. The Balaban J connectivity index is 2.42. The first-order valence-electron chi connectivity index (χ1n) is 8.30. The number of rotatable bonds is 7. The largest absolute Gasteiger partial charge is 0.493 e. The highest BCUT2D eigenvalue weighted by atomic mass is 16.5. The minimum atomic E-state index is -0.257. The van der Waals surface area contributed by atoms with E-state index in [1.54, 1.807) is 14.2 Å². The van der Waals surface area contributed by atoms with Crippen LogP contribution in [0, 0.1) is 0 Å². The maximum Gasteiger partial charge on any atom is 0.239 e. The number of hydrogen-bond donors (Lipinski definition) is 3. The Kier molecular flexibility index (Phi) is 8.04. The van der Waals surface area contributed by atoms with Gasteiger partial charge in [0.1, 0.15) is 6.10 Å². The number of amides is 1. The number of nitrogens with one attached hydrogen (secondary N) is 3. The molecule has 7 heteroatoms. The molecule has 0 heterocycles. The average molecular weight is 350 g/mol. The molecule has 0 saturated heterocycles. The number of carbonyl (C=O) groups is 1. The number of para-hydroxylation sites is 2. The summed E-state index contributed by atoms with van der Waals surface area (Å²) in [4.78, 5) is 15.9. The second kappa shape index (κ2) is 9.76. The van der Waals surface area contributed by atoms with Crippen LogP contribution in [0.4, 0.5) is 0 Å². The first-order chi connectivity index (χ1) is 11.7. The number of carbonyl (C=O) groups excluding carboxylic acids is 1. The lowest BCUT2D eigenvalue weighted by molar-refractivity contribution is -0.121. The van der Waals surface area contributed by atoms with Gasteiger partial charge in [-0.05, 0) is 39.8 Å². The van der Waals surface area contributed by atoms with Gasteiger partial charge in [-0.2, -0.15) is 0 Å². The van der Waals surface area contributed by atoms with E-state index in [1.165, 1.54) is 0 Å². The van der Waals surface area contributed by atoms with E-state index in [4.69, 9.17) is 9.47 Å². The highest BCUT2D eigenvalue weighted by Gasteiger charge is 2.14. The van der Waals surface area contributed by atoms with Gasteiger partial charge in [0.05, 0.1) is 20.2 Å². The van der Waals surface area contributed by atoms with E-state index >= 15 is 0 Å². The third-order valence-electron chi connectivity index (χ3n) is 3.11. The lowest BCUT2D eigenvalue weighted by Gasteiger charge is -2.21. The molecule has 0 aliphatic rings. The molecule has 0 aromatic heterocycles. The summed E-state index contributed by atoms with van der Waals surface area (Å²) in [6.07, 6.45) is -0.113. The standard InChI is InChI=1S/C18H30N4O3/c1-13(25-15-10-8-7-9-14(15)24-6)11-20-17(19-5)21-12-16(23)22-18(2,3)4/h7-10,13H,11-12H2,1-6H3,(H,22,23)(H2,19,20,21). The lowest BCUT2D eigenvalue weighted by atomic mass is 10.1. The van der Waals surface area contributed by atoms with Crippen molar-refractivity contribution in [1.29, 1.82) is 0 Å². The normalized spacial score (nSPS) is 13.0. The number of hydrogen-bond acceptors (Lipinski definition) is 4. The third-order valence-corrected chi connectivity index (χ3v) is 3.11. The van der Waals surface area contributed by atoms with Crippen LogP contribution in [0.1, 0.15) is 27.7 Å². The second-order valence-electron chi connectivity index (χ2n) is 6.68. The van der Waals surface area contributed by atoms with Crippen molar-refractivity contribution in [3.8, 4) is 11.5 Å². The molecule has 0 fully saturated rings. The Morgan fingerprint density at radius 2 is 1.84 bits per heavy atom. The summed E-state index contributed by atoms with van der Waals surface area (Å²) in [6.45, 7) is 8.44. The van der Waals surface area contributed by atoms with Gasteiger partial charge >= 0.3 is 0 Å². The maximum absolute atomic E-state index is 11.8. The van der Waals surface area contributed by atoms with Crippen LogP contribution in [0.2, 0.25) is 0 Å². The number of methoxy groups -OCH3 is 1. The molecule has 140 valence electrons. The van der Waals surface area contributed by atoms with Crippen molar-refractivity contribution < 1.29 is 14.3 Å². The molecule has 1 aromatic rings. The lowest BCUT2D eigenvalue weighted by Crippen LogP contribution is -2.49. The summed E-state index contributed by atoms with van der Waals surface area (Å²) in [5, 5.41) is 9.00. The number of aliphatic imine (C=N–C) groups is 1. The maximum atomic E-state index is 11.8. The van der Waals surface area contributed by atoms with Gasteiger partial charge in [0.2, 0.25) is 5.91 Å². The van der Waals surface area contributed by atoms with Crippen molar-refractivity contribution in [3.05, 3.63) is 24.3 Å². The van der Waals surface area contributed by atoms with E-state index in [9.17, 15) is 4.79 Å². The summed E-state index contributed by atoms with van der Waals surface area (Å²) in [7, 11) is 3.27. The summed E-state index contributed by atoms with van der Waals surface area (Å²) < 4.78 is 11.1. The van der Waals surface area contributed by atoms with Crippen molar-refractivity contribution in [1.82, 2.24) is 16.0 Å². The van der Waals surface area contributed by atoms with Gasteiger partial charge < -0.3 is 25.4 Å². The molecule has 1 rings (SSSR count). The third kappa shape index (κ3) is 8.28. The van der Waals surface area contributed by atoms with E-state index in [0.29, 0.717) is 24.0 Å². The van der Waals surface area contributed by atoms with Crippen molar-refractivity contribution in [3.63, 3.8) is 0 Å². The molecule has 1 atom stereocenters. The topological polar surface area (TPSA) is 84.0 Å². The molecular formula is C18H30N4O3. The number of benzene rings is 1. The fourth-order valence-electron chi connectivity index (χ4n) is 2.06. The van der Waals surface area contributed by atoms with E-state index in [1.807, 2.05) is 52.0 Å². The van der Waals surface area contributed by atoms with Crippen LogP contribution < -0.4 is 25.4 Å². The zero-order valence-corrected chi connectivity index (χ0v) is 16.0. The van der Waals surface area contributed by atoms with Gasteiger partial charge in [0.25, 0.3) is 0 Å². The van der Waals surface area contributed by atoms with Crippen molar-refractivity contribution >= 4 is 11.9 Å². The fraction of sp³-hybridized carbons (Fsp3) is 0.556. The van der Waals surface area contributed by atoms with Gasteiger partial charge in [0.15, 0.2) is 17.5 Å². The molecule has 0 bridgehead atoms. The van der Waals surface area contributed by atoms with E-state index in [-0.39, 0.29) is 24.1 Å². The van der Waals surface area contributed by atoms with Crippen LogP contribution in [0.5, 0.6) is 11.5 Å². The highest BCUT2D eigenvalue weighted by Crippen LogP contribution is 2.26. The molecule has 0 saturated carbocycles. The average Bonchev–Trinajstić information content (AvgIpc) is 2.54. The van der Waals surface area contributed by atoms with Crippen molar-refractivity contribution in [2.75, 3.05) is 27.2 Å². The van der Waals surface area contributed by atoms with E-state index in [0.717, 1.165) is 0 Å². The summed E-state index contributed by atoms with van der Waals surface area (Å²) >= 11 is 0. The first-order valence-corrected chi connectivity index (χ1v) is 8.30. The van der Waals surface area contributed by atoms with E-state index in [2.05, 4.69) is 20.9 Å². The van der Waals surface area contributed by atoms with Crippen LogP contribution >= 0.6 is 0 Å². The quantitative estimate of drug-likeness (QED) is 0.513. The zero-order valence-electron chi connectivity index (χ0n) is 16.0. The predicted molar refractivity (Wildman–Crippen MR) is 100 cm³/mol. The molecule has 1 aromatic carbocycles. The molecule has 0 aliphatic carbocycles. The van der Waals surface area contributed by atoms with Crippen LogP contribution in [-0.4, -0.2) is 50.8 Å². The molecule has 0 spiro atoms. The van der Waals surface area contributed by atoms with Crippen LogP contribution in [0.15, 0.2) is 29.3 Å². The monoisotopic (exact) mass is 350 g/mol. The van der Waals surface area contributed by atoms with Crippen molar-refractivity contribution in [2.24, 2.45) is 4.99 Å². The highest BCUT2D eigenvalue weighted by molar-refractivity contribution is 5.86. The Hall–Kier alpha value is -2.44. The molecule has 1 amide bonds. The van der Waals surface area contributed by atoms with Crippen LogP contribution in [-0.2, 0) is 4.79 Å².